The van der Waals surface area contributed by atoms with E-state index in [0.29, 0.717) is 0 Å². The summed E-state index contributed by atoms with van der Waals surface area (Å²) in [6.45, 7) is 5.06. The topological polar surface area (TPSA) is 12.0 Å². The van der Waals surface area contributed by atoms with E-state index in [-0.39, 0.29) is 0 Å². The molecule has 108 valence electrons. The lowest BCUT2D eigenvalue weighted by Crippen LogP contribution is -2.52. The Balaban J connectivity index is 1.58. The first-order valence-corrected chi connectivity index (χ1v) is 9.00. The molecule has 0 spiro atoms. The van der Waals surface area contributed by atoms with Crippen molar-refractivity contribution in [3.05, 3.63) is 0 Å². The third kappa shape index (κ3) is 2.07. The van der Waals surface area contributed by atoms with Crippen molar-refractivity contribution in [2.45, 2.75) is 64.7 Å². The quantitative estimate of drug-likeness (QED) is 0.801. The highest BCUT2D eigenvalue weighted by atomic mass is 14.9. The van der Waals surface area contributed by atoms with Crippen LogP contribution in [0, 0.1) is 35.0 Å². The molecule has 5 aliphatic rings. The molecule has 1 aliphatic heterocycles. The van der Waals surface area contributed by atoms with Crippen LogP contribution in [0.3, 0.4) is 0 Å². The first-order chi connectivity index (χ1) is 9.29. The molecule has 1 unspecified atom stereocenters. The van der Waals surface area contributed by atoms with Gasteiger partial charge in [0.25, 0.3) is 0 Å². The van der Waals surface area contributed by atoms with Crippen molar-refractivity contribution in [2.24, 2.45) is 35.0 Å². The molecule has 4 aliphatic carbocycles. The van der Waals surface area contributed by atoms with E-state index in [9.17, 15) is 0 Å². The van der Waals surface area contributed by atoms with Crippen LogP contribution in [-0.4, -0.2) is 13.1 Å². The zero-order valence-corrected chi connectivity index (χ0v) is 12.7. The number of hydrogen-bond donors (Lipinski definition) is 1. The van der Waals surface area contributed by atoms with Gasteiger partial charge in [0.1, 0.15) is 0 Å². The molecule has 0 aromatic heterocycles. The Morgan fingerprint density at radius 1 is 0.947 bits per heavy atom. The zero-order chi connectivity index (χ0) is 12.9. The van der Waals surface area contributed by atoms with Crippen LogP contribution in [0.4, 0.5) is 0 Å². The highest BCUT2D eigenvalue weighted by Crippen LogP contribution is 2.64. The Kier molecular flexibility index (Phi) is 3.17. The van der Waals surface area contributed by atoms with E-state index in [2.05, 4.69) is 12.2 Å². The van der Waals surface area contributed by atoms with Gasteiger partial charge in [-0.1, -0.05) is 13.3 Å². The largest absolute Gasteiger partial charge is 0.317 e. The van der Waals surface area contributed by atoms with Gasteiger partial charge in [0.15, 0.2) is 0 Å². The van der Waals surface area contributed by atoms with E-state index in [0.717, 1.165) is 35.0 Å². The zero-order valence-electron chi connectivity index (χ0n) is 12.7. The van der Waals surface area contributed by atoms with E-state index in [1.807, 2.05) is 0 Å². The minimum Gasteiger partial charge on any atom is -0.317 e. The van der Waals surface area contributed by atoms with E-state index in [4.69, 9.17) is 0 Å². The van der Waals surface area contributed by atoms with Crippen molar-refractivity contribution < 1.29 is 0 Å². The molecule has 1 saturated heterocycles. The lowest BCUT2D eigenvalue weighted by Gasteiger charge is -2.61. The Morgan fingerprint density at radius 2 is 1.47 bits per heavy atom. The number of nitrogens with one attached hydrogen (secondary N) is 1. The molecule has 1 N–H and O–H groups in total. The van der Waals surface area contributed by atoms with Crippen molar-refractivity contribution in [1.29, 1.82) is 0 Å². The first kappa shape index (κ1) is 12.7. The van der Waals surface area contributed by atoms with E-state index in [1.54, 1.807) is 38.5 Å². The maximum atomic E-state index is 3.57. The lowest BCUT2D eigenvalue weighted by atomic mass is 9.44. The van der Waals surface area contributed by atoms with Crippen LogP contribution in [-0.2, 0) is 0 Å². The third-order valence-corrected chi connectivity index (χ3v) is 7.26. The van der Waals surface area contributed by atoms with Gasteiger partial charge in [-0.15, -0.1) is 0 Å². The minimum absolute atomic E-state index is 0.797. The molecular formula is C18H31N. The van der Waals surface area contributed by atoms with Crippen LogP contribution in [0.25, 0.3) is 0 Å². The summed E-state index contributed by atoms with van der Waals surface area (Å²) in [5.74, 6) is 5.48. The molecule has 4 bridgehead atoms. The SMILES string of the molecule is CCC(C1CCNCC1)C12CC3CC(CC(C3)C1)C2. The summed E-state index contributed by atoms with van der Waals surface area (Å²) in [6.07, 6.45) is 14.0. The van der Waals surface area contributed by atoms with Gasteiger partial charge in [0.05, 0.1) is 0 Å². The summed E-state index contributed by atoms with van der Waals surface area (Å²) >= 11 is 0. The Hall–Kier alpha value is -0.0400. The average molecular weight is 261 g/mol. The highest BCUT2D eigenvalue weighted by molar-refractivity contribution is 5.05. The fourth-order valence-corrected chi connectivity index (χ4v) is 7.14. The average Bonchev–Trinajstić information content (AvgIpc) is 2.38. The van der Waals surface area contributed by atoms with Gasteiger partial charge in [-0.25, -0.2) is 0 Å². The molecule has 0 aromatic carbocycles. The molecule has 0 aromatic rings. The molecule has 1 nitrogen and oxygen atoms in total. The number of piperidine rings is 1. The van der Waals surface area contributed by atoms with Gasteiger partial charge < -0.3 is 5.32 Å². The second kappa shape index (κ2) is 4.76. The van der Waals surface area contributed by atoms with Gasteiger partial charge in [-0.3, -0.25) is 0 Å². The van der Waals surface area contributed by atoms with Crippen LogP contribution >= 0.6 is 0 Å². The van der Waals surface area contributed by atoms with Crippen LogP contribution in [0.2, 0.25) is 0 Å². The molecule has 1 atom stereocenters. The van der Waals surface area contributed by atoms with Crippen LogP contribution in [0.1, 0.15) is 64.7 Å². The summed E-state index contributed by atoms with van der Waals surface area (Å²) in [5, 5.41) is 3.57. The predicted octanol–water partition coefficient (Wildman–Crippen LogP) is 4.23. The summed E-state index contributed by atoms with van der Waals surface area (Å²) in [4.78, 5) is 0. The van der Waals surface area contributed by atoms with Crippen molar-refractivity contribution in [1.82, 2.24) is 5.32 Å². The van der Waals surface area contributed by atoms with Gasteiger partial charge >= 0.3 is 0 Å². The first-order valence-electron chi connectivity index (χ1n) is 9.00. The van der Waals surface area contributed by atoms with Crippen LogP contribution in [0.15, 0.2) is 0 Å². The Labute approximate surface area is 118 Å². The van der Waals surface area contributed by atoms with Crippen LogP contribution in [0.5, 0.6) is 0 Å². The number of hydrogen-bond acceptors (Lipinski definition) is 1. The van der Waals surface area contributed by atoms with E-state index < -0.39 is 0 Å². The maximum absolute atomic E-state index is 3.57. The third-order valence-electron chi connectivity index (χ3n) is 7.26. The van der Waals surface area contributed by atoms with Crippen molar-refractivity contribution >= 4 is 0 Å². The Morgan fingerprint density at radius 3 is 1.95 bits per heavy atom. The monoisotopic (exact) mass is 261 g/mol. The van der Waals surface area contributed by atoms with Gasteiger partial charge in [-0.05, 0) is 99.5 Å². The fourth-order valence-electron chi connectivity index (χ4n) is 7.14. The van der Waals surface area contributed by atoms with Gasteiger partial charge in [0, 0.05) is 0 Å². The van der Waals surface area contributed by atoms with Crippen molar-refractivity contribution in [3.8, 4) is 0 Å². The summed E-state index contributed by atoms with van der Waals surface area (Å²) < 4.78 is 0. The highest BCUT2D eigenvalue weighted by Gasteiger charge is 2.54. The Bertz CT molecular complexity index is 293. The van der Waals surface area contributed by atoms with Gasteiger partial charge in [0.2, 0.25) is 0 Å². The standard InChI is InChI=1S/C18H31N/c1-2-17(16-3-5-19-6-4-16)18-10-13-7-14(11-18)9-15(8-13)12-18/h13-17,19H,2-12H2,1H3. The molecule has 5 fully saturated rings. The molecule has 0 amide bonds. The lowest BCUT2D eigenvalue weighted by molar-refractivity contribution is -0.105. The normalized spacial score (nSPS) is 47.5. The van der Waals surface area contributed by atoms with Crippen molar-refractivity contribution in [2.75, 3.05) is 13.1 Å². The predicted molar refractivity (Wildman–Crippen MR) is 80.0 cm³/mol. The molecule has 1 heterocycles. The van der Waals surface area contributed by atoms with Gasteiger partial charge in [-0.2, -0.15) is 0 Å². The van der Waals surface area contributed by atoms with E-state index >= 15 is 0 Å². The van der Waals surface area contributed by atoms with Crippen molar-refractivity contribution in [3.63, 3.8) is 0 Å². The molecule has 1 heteroatoms. The minimum atomic E-state index is 0.797. The molecule has 5 rings (SSSR count). The summed E-state index contributed by atoms with van der Waals surface area (Å²) in [5.41, 5.74) is 0.797. The van der Waals surface area contributed by atoms with Crippen LogP contribution < -0.4 is 5.32 Å². The molecule has 0 radical (unpaired) electrons. The number of rotatable bonds is 3. The van der Waals surface area contributed by atoms with E-state index in [1.165, 1.54) is 32.4 Å². The molecule has 19 heavy (non-hydrogen) atoms. The molecular weight excluding hydrogens is 230 g/mol. The fraction of sp³-hybridized carbons (Fsp3) is 1.00. The summed E-state index contributed by atoms with van der Waals surface area (Å²) in [7, 11) is 0. The summed E-state index contributed by atoms with van der Waals surface area (Å²) in [6, 6.07) is 0. The second-order valence-corrected chi connectivity index (χ2v) is 8.38. The second-order valence-electron chi connectivity index (χ2n) is 8.38. The maximum Gasteiger partial charge on any atom is -0.00462 e. The molecule has 4 saturated carbocycles. The smallest absolute Gasteiger partial charge is 0.00462 e.